The molecule has 2 N–H and O–H groups in total. The van der Waals surface area contributed by atoms with Gasteiger partial charge in [-0.3, -0.25) is 0 Å². The van der Waals surface area contributed by atoms with Crippen molar-refractivity contribution in [3.05, 3.63) is 47.7 Å². The highest BCUT2D eigenvalue weighted by Crippen LogP contribution is 2.31. The molecule has 0 saturated carbocycles. The molecule has 0 aliphatic carbocycles. The summed E-state index contributed by atoms with van der Waals surface area (Å²) >= 11 is 0. The first-order valence-corrected chi connectivity index (χ1v) is 6.75. The van der Waals surface area contributed by atoms with Crippen LogP contribution >= 0.6 is 0 Å². The van der Waals surface area contributed by atoms with Crippen LogP contribution in [0.4, 0.5) is 5.82 Å². The van der Waals surface area contributed by atoms with E-state index in [-0.39, 0.29) is 0 Å². The Hall–Kier alpha value is -2.23. The van der Waals surface area contributed by atoms with Gasteiger partial charge in [0.1, 0.15) is 17.3 Å². The molecule has 0 bridgehead atoms. The number of hydrogen-bond donors (Lipinski definition) is 1. The second-order valence-electron chi connectivity index (χ2n) is 5.11. The maximum atomic E-state index is 5.84. The van der Waals surface area contributed by atoms with Crippen molar-refractivity contribution >= 4 is 5.82 Å². The van der Waals surface area contributed by atoms with Gasteiger partial charge in [0.2, 0.25) is 0 Å². The van der Waals surface area contributed by atoms with Crippen LogP contribution in [0.25, 0.3) is 0 Å². The van der Waals surface area contributed by atoms with Crippen molar-refractivity contribution in [2.75, 3.05) is 19.5 Å². The molecule has 1 aromatic heterocycles. The first-order chi connectivity index (χ1) is 9.74. The second-order valence-corrected chi connectivity index (χ2v) is 5.11. The zero-order valence-electron chi connectivity index (χ0n) is 11.5. The fourth-order valence-electron chi connectivity index (χ4n) is 2.58. The number of hydrogen-bond acceptors (Lipinski definition) is 4. The van der Waals surface area contributed by atoms with Crippen LogP contribution in [0.5, 0.6) is 11.5 Å². The first kappa shape index (κ1) is 12.8. The first-order valence-electron chi connectivity index (χ1n) is 6.75. The van der Waals surface area contributed by atoms with E-state index in [0.717, 1.165) is 30.0 Å². The maximum Gasteiger partial charge on any atom is 0.126 e. The molecule has 1 unspecified atom stereocenters. The lowest BCUT2D eigenvalue weighted by atomic mass is 9.92. The standard InChI is InChI=1S/C16H18N2O2/c1-19-14-6-5-12-7-11(10-20-15(12)9-14)8-13-3-2-4-16(17)18-13/h2-6,9,11H,7-8,10H2,1H3,(H2,17,18). The molecule has 4 heteroatoms. The monoisotopic (exact) mass is 270 g/mol. The van der Waals surface area contributed by atoms with E-state index in [2.05, 4.69) is 11.1 Å². The second kappa shape index (κ2) is 5.41. The largest absolute Gasteiger partial charge is 0.497 e. The average Bonchev–Trinajstić information content (AvgIpc) is 2.47. The number of rotatable bonds is 3. The van der Waals surface area contributed by atoms with Gasteiger partial charge in [-0.1, -0.05) is 12.1 Å². The molecule has 2 aromatic rings. The summed E-state index contributed by atoms with van der Waals surface area (Å²) in [4.78, 5) is 4.35. The van der Waals surface area contributed by atoms with E-state index in [1.54, 1.807) is 7.11 Å². The summed E-state index contributed by atoms with van der Waals surface area (Å²) in [7, 11) is 1.67. The minimum atomic E-state index is 0.435. The van der Waals surface area contributed by atoms with Gasteiger partial charge >= 0.3 is 0 Å². The van der Waals surface area contributed by atoms with Crippen molar-refractivity contribution in [3.63, 3.8) is 0 Å². The van der Waals surface area contributed by atoms with Crippen LogP contribution in [0, 0.1) is 5.92 Å². The Labute approximate surface area is 118 Å². The lowest BCUT2D eigenvalue weighted by Crippen LogP contribution is -2.23. The van der Waals surface area contributed by atoms with E-state index in [4.69, 9.17) is 15.2 Å². The number of ether oxygens (including phenoxy) is 2. The van der Waals surface area contributed by atoms with E-state index in [9.17, 15) is 0 Å². The molecule has 1 atom stereocenters. The van der Waals surface area contributed by atoms with Crippen LogP contribution in [-0.4, -0.2) is 18.7 Å². The summed E-state index contributed by atoms with van der Waals surface area (Å²) in [6.45, 7) is 0.705. The van der Waals surface area contributed by atoms with Gasteiger partial charge in [0.05, 0.1) is 13.7 Å². The minimum absolute atomic E-state index is 0.435. The van der Waals surface area contributed by atoms with E-state index in [1.807, 2.05) is 30.3 Å². The molecule has 0 saturated heterocycles. The van der Waals surface area contributed by atoms with Gasteiger partial charge in [-0.15, -0.1) is 0 Å². The number of methoxy groups -OCH3 is 1. The Kier molecular flexibility index (Phi) is 3.46. The highest BCUT2D eigenvalue weighted by atomic mass is 16.5. The van der Waals surface area contributed by atoms with Crippen LogP contribution in [0.15, 0.2) is 36.4 Å². The Morgan fingerprint density at radius 2 is 2.25 bits per heavy atom. The van der Waals surface area contributed by atoms with Gasteiger partial charge in [-0.2, -0.15) is 0 Å². The summed E-state index contributed by atoms with van der Waals surface area (Å²) in [5.74, 6) is 2.77. The highest BCUT2D eigenvalue weighted by molar-refractivity contribution is 5.42. The molecule has 0 radical (unpaired) electrons. The summed E-state index contributed by atoms with van der Waals surface area (Å²) in [5.41, 5.74) is 7.97. The third-order valence-corrected chi connectivity index (χ3v) is 3.58. The Balaban J connectivity index is 1.72. The minimum Gasteiger partial charge on any atom is -0.497 e. The van der Waals surface area contributed by atoms with Gasteiger partial charge in [0, 0.05) is 17.7 Å². The van der Waals surface area contributed by atoms with Crippen LogP contribution in [0.3, 0.4) is 0 Å². The molecule has 104 valence electrons. The molecular weight excluding hydrogens is 252 g/mol. The molecule has 4 nitrogen and oxygen atoms in total. The molecule has 0 fully saturated rings. The van der Waals surface area contributed by atoms with Crippen LogP contribution in [0.2, 0.25) is 0 Å². The van der Waals surface area contributed by atoms with Crippen molar-refractivity contribution in [1.82, 2.24) is 4.98 Å². The van der Waals surface area contributed by atoms with Gasteiger partial charge in [0.25, 0.3) is 0 Å². The highest BCUT2D eigenvalue weighted by Gasteiger charge is 2.21. The molecule has 20 heavy (non-hydrogen) atoms. The summed E-state index contributed by atoms with van der Waals surface area (Å²) in [6, 6.07) is 11.8. The fraction of sp³-hybridized carbons (Fsp3) is 0.312. The SMILES string of the molecule is COc1ccc2c(c1)OCC(Cc1cccc(N)n1)C2. The Bertz CT molecular complexity index is 613. The topological polar surface area (TPSA) is 57.4 Å². The van der Waals surface area contributed by atoms with E-state index >= 15 is 0 Å². The number of benzene rings is 1. The Morgan fingerprint density at radius 3 is 3.05 bits per heavy atom. The van der Waals surface area contributed by atoms with Crippen molar-refractivity contribution in [1.29, 1.82) is 0 Å². The predicted molar refractivity (Wildman–Crippen MR) is 78.0 cm³/mol. The number of pyridine rings is 1. The molecule has 0 amide bonds. The molecule has 0 spiro atoms. The average molecular weight is 270 g/mol. The number of anilines is 1. The zero-order chi connectivity index (χ0) is 13.9. The molecule has 2 heterocycles. The predicted octanol–water partition coefficient (Wildman–Crippen LogP) is 2.47. The summed E-state index contributed by atoms with van der Waals surface area (Å²) < 4.78 is 11.1. The molecule has 3 rings (SSSR count). The quantitative estimate of drug-likeness (QED) is 0.930. The van der Waals surface area contributed by atoms with E-state index < -0.39 is 0 Å². The zero-order valence-corrected chi connectivity index (χ0v) is 11.5. The number of nitrogens with two attached hydrogens (primary N) is 1. The van der Waals surface area contributed by atoms with Crippen molar-refractivity contribution in [2.45, 2.75) is 12.8 Å². The Morgan fingerprint density at radius 1 is 1.35 bits per heavy atom. The van der Waals surface area contributed by atoms with E-state index in [0.29, 0.717) is 18.3 Å². The number of nitrogen functional groups attached to an aromatic ring is 1. The summed E-state index contributed by atoms with van der Waals surface area (Å²) in [5, 5.41) is 0. The number of nitrogens with zero attached hydrogens (tertiary/aromatic N) is 1. The van der Waals surface area contributed by atoms with Crippen molar-refractivity contribution in [2.24, 2.45) is 5.92 Å². The van der Waals surface area contributed by atoms with Gasteiger partial charge in [0.15, 0.2) is 0 Å². The van der Waals surface area contributed by atoms with E-state index in [1.165, 1.54) is 5.56 Å². The van der Waals surface area contributed by atoms with Crippen LogP contribution in [-0.2, 0) is 12.8 Å². The molecule has 1 aliphatic heterocycles. The maximum absolute atomic E-state index is 5.84. The normalized spacial score (nSPS) is 17.1. The van der Waals surface area contributed by atoms with Crippen molar-refractivity contribution < 1.29 is 9.47 Å². The number of aromatic nitrogens is 1. The van der Waals surface area contributed by atoms with Gasteiger partial charge in [-0.25, -0.2) is 4.98 Å². The van der Waals surface area contributed by atoms with Crippen LogP contribution < -0.4 is 15.2 Å². The lowest BCUT2D eigenvalue weighted by molar-refractivity contribution is 0.219. The fourth-order valence-corrected chi connectivity index (χ4v) is 2.58. The summed E-state index contributed by atoms with van der Waals surface area (Å²) in [6.07, 6.45) is 1.88. The van der Waals surface area contributed by atoms with Gasteiger partial charge < -0.3 is 15.2 Å². The molecular formula is C16H18N2O2. The molecule has 1 aliphatic rings. The van der Waals surface area contributed by atoms with Crippen molar-refractivity contribution in [3.8, 4) is 11.5 Å². The lowest BCUT2D eigenvalue weighted by Gasteiger charge is -2.25. The number of fused-ring (bicyclic) bond motifs is 1. The molecule has 1 aromatic carbocycles. The third-order valence-electron chi connectivity index (χ3n) is 3.58. The van der Waals surface area contributed by atoms with Crippen LogP contribution in [0.1, 0.15) is 11.3 Å². The van der Waals surface area contributed by atoms with Gasteiger partial charge in [-0.05, 0) is 36.6 Å². The smallest absolute Gasteiger partial charge is 0.126 e. The third kappa shape index (κ3) is 2.69.